The average molecular weight is 371 g/mol. The van der Waals surface area contributed by atoms with Crippen LogP contribution < -0.4 is 5.32 Å². The van der Waals surface area contributed by atoms with Gasteiger partial charge in [-0.25, -0.2) is 4.98 Å². The summed E-state index contributed by atoms with van der Waals surface area (Å²) in [6.45, 7) is 6.26. The average Bonchev–Trinajstić information content (AvgIpc) is 3.23. The third-order valence-corrected chi connectivity index (χ3v) is 5.93. The van der Waals surface area contributed by atoms with Gasteiger partial charge in [-0.2, -0.15) is 0 Å². The van der Waals surface area contributed by atoms with Gasteiger partial charge in [0, 0.05) is 15.3 Å². The first-order valence-electron chi connectivity index (χ1n) is 8.39. The third kappa shape index (κ3) is 4.35. The van der Waals surface area contributed by atoms with E-state index in [0.29, 0.717) is 12.3 Å². The number of benzene rings is 1. The lowest BCUT2D eigenvalue weighted by molar-refractivity contribution is -0.121. The van der Waals surface area contributed by atoms with Crippen LogP contribution in [0.3, 0.4) is 0 Å². The van der Waals surface area contributed by atoms with Crippen LogP contribution in [0.15, 0.2) is 47.8 Å². The van der Waals surface area contributed by atoms with Crippen molar-refractivity contribution in [1.29, 1.82) is 0 Å². The van der Waals surface area contributed by atoms with Crippen molar-refractivity contribution in [2.45, 2.75) is 33.2 Å². The summed E-state index contributed by atoms with van der Waals surface area (Å²) in [4.78, 5) is 19.6. The molecular weight excluding hydrogens is 348 g/mol. The number of hydrogen-bond acceptors (Lipinski definition) is 4. The van der Waals surface area contributed by atoms with Gasteiger partial charge < -0.3 is 5.32 Å². The number of thiazole rings is 1. The number of aromatic nitrogens is 1. The van der Waals surface area contributed by atoms with Gasteiger partial charge in [0.2, 0.25) is 5.91 Å². The second-order valence-electron chi connectivity index (χ2n) is 6.35. The van der Waals surface area contributed by atoms with Crippen molar-refractivity contribution < 1.29 is 4.79 Å². The molecule has 3 nitrogen and oxygen atoms in total. The van der Waals surface area contributed by atoms with E-state index in [1.165, 1.54) is 4.88 Å². The topological polar surface area (TPSA) is 42.0 Å². The van der Waals surface area contributed by atoms with Crippen LogP contribution in [0.25, 0.3) is 11.3 Å². The van der Waals surface area contributed by atoms with Crippen molar-refractivity contribution in [1.82, 2.24) is 10.3 Å². The molecule has 2 heterocycles. The lowest BCUT2D eigenvalue weighted by Gasteiger charge is -2.21. The zero-order valence-electron chi connectivity index (χ0n) is 14.7. The van der Waals surface area contributed by atoms with Crippen LogP contribution in [0.4, 0.5) is 0 Å². The minimum atomic E-state index is 0.0490. The summed E-state index contributed by atoms with van der Waals surface area (Å²) in [5.74, 6) is 0.396. The van der Waals surface area contributed by atoms with Crippen molar-refractivity contribution in [3.05, 3.63) is 62.6 Å². The quantitative estimate of drug-likeness (QED) is 0.645. The number of hydrogen-bond donors (Lipinski definition) is 1. The first kappa shape index (κ1) is 17.8. The van der Waals surface area contributed by atoms with Gasteiger partial charge >= 0.3 is 0 Å². The molecule has 0 aliphatic heterocycles. The molecule has 0 fully saturated rings. The highest BCUT2D eigenvalue weighted by atomic mass is 32.1. The monoisotopic (exact) mass is 370 g/mol. The van der Waals surface area contributed by atoms with E-state index >= 15 is 0 Å². The summed E-state index contributed by atoms with van der Waals surface area (Å²) >= 11 is 3.29. The van der Waals surface area contributed by atoms with Gasteiger partial charge in [-0.3, -0.25) is 4.79 Å². The highest BCUT2D eigenvalue weighted by Gasteiger charge is 2.21. The van der Waals surface area contributed by atoms with Crippen LogP contribution in [-0.4, -0.2) is 10.9 Å². The summed E-state index contributed by atoms with van der Waals surface area (Å²) < 4.78 is 0. The van der Waals surface area contributed by atoms with Gasteiger partial charge in [0.15, 0.2) is 0 Å². The number of carbonyl (C=O) groups is 1. The SMILES string of the molecule is Cc1nc(-c2ccccc2)c(CC(=O)N[C@H](c2cccs2)C(C)C)s1. The summed E-state index contributed by atoms with van der Waals surface area (Å²) in [6.07, 6.45) is 0.365. The van der Waals surface area contributed by atoms with E-state index in [1.807, 2.05) is 43.3 Å². The number of rotatable bonds is 6. The summed E-state index contributed by atoms with van der Waals surface area (Å²) in [5, 5.41) is 6.24. The van der Waals surface area contributed by atoms with Crippen LogP contribution in [0.5, 0.6) is 0 Å². The maximum absolute atomic E-state index is 12.7. The van der Waals surface area contributed by atoms with Gasteiger partial charge in [0.25, 0.3) is 0 Å². The van der Waals surface area contributed by atoms with Crippen LogP contribution >= 0.6 is 22.7 Å². The second-order valence-corrected chi connectivity index (χ2v) is 8.62. The molecule has 3 rings (SSSR count). The molecule has 1 N–H and O–H groups in total. The molecule has 2 aromatic heterocycles. The Morgan fingerprint density at radius 2 is 1.92 bits per heavy atom. The molecule has 0 spiro atoms. The predicted octanol–water partition coefficient (Wildman–Crippen LogP) is 5.24. The lowest BCUT2D eigenvalue weighted by Crippen LogP contribution is -2.32. The Morgan fingerprint density at radius 1 is 1.16 bits per heavy atom. The van der Waals surface area contributed by atoms with E-state index in [1.54, 1.807) is 22.7 Å². The van der Waals surface area contributed by atoms with Crippen molar-refractivity contribution in [3.8, 4) is 11.3 Å². The van der Waals surface area contributed by atoms with E-state index in [9.17, 15) is 4.79 Å². The molecule has 0 radical (unpaired) electrons. The van der Waals surface area contributed by atoms with Crippen molar-refractivity contribution in [2.75, 3.05) is 0 Å². The van der Waals surface area contributed by atoms with E-state index in [2.05, 4.69) is 35.6 Å². The minimum Gasteiger partial charge on any atom is -0.348 e. The molecule has 0 aliphatic rings. The van der Waals surface area contributed by atoms with E-state index in [4.69, 9.17) is 0 Å². The van der Waals surface area contributed by atoms with E-state index in [-0.39, 0.29) is 11.9 Å². The molecule has 0 saturated heterocycles. The maximum Gasteiger partial charge on any atom is 0.225 e. The highest BCUT2D eigenvalue weighted by molar-refractivity contribution is 7.12. The zero-order chi connectivity index (χ0) is 17.8. The van der Waals surface area contributed by atoms with Crippen molar-refractivity contribution >= 4 is 28.6 Å². The van der Waals surface area contributed by atoms with Gasteiger partial charge in [0.1, 0.15) is 0 Å². The molecule has 0 aliphatic carbocycles. The molecule has 1 aromatic carbocycles. The van der Waals surface area contributed by atoms with Gasteiger partial charge in [0.05, 0.1) is 23.2 Å². The Morgan fingerprint density at radius 3 is 2.56 bits per heavy atom. The zero-order valence-corrected chi connectivity index (χ0v) is 16.3. The molecule has 3 aromatic rings. The van der Waals surface area contributed by atoms with Crippen LogP contribution in [0.1, 0.15) is 34.7 Å². The fourth-order valence-corrected chi connectivity index (χ4v) is 4.72. The molecule has 1 atom stereocenters. The Balaban J connectivity index is 1.77. The molecule has 0 saturated carbocycles. The summed E-state index contributed by atoms with van der Waals surface area (Å²) in [6, 6.07) is 14.2. The Hall–Kier alpha value is -1.98. The third-order valence-electron chi connectivity index (χ3n) is 4.01. The van der Waals surface area contributed by atoms with E-state index < -0.39 is 0 Å². The fourth-order valence-electron chi connectivity index (χ4n) is 2.82. The molecule has 25 heavy (non-hydrogen) atoms. The number of thiophene rings is 1. The molecular formula is C20H22N2OS2. The molecule has 5 heteroatoms. The smallest absolute Gasteiger partial charge is 0.225 e. The Kier molecular flexibility index (Phi) is 5.66. The molecule has 1 amide bonds. The Labute approximate surface area is 156 Å². The van der Waals surface area contributed by atoms with Gasteiger partial charge in [-0.05, 0) is 24.3 Å². The lowest BCUT2D eigenvalue weighted by atomic mass is 10.0. The van der Waals surface area contributed by atoms with Gasteiger partial charge in [-0.1, -0.05) is 50.2 Å². The molecule has 0 unspecified atom stereocenters. The largest absolute Gasteiger partial charge is 0.348 e. The standard InChI is InChI=1S/C20H22N2OS2/c1-13(2)19(16-10-7-11-24-16)22-18(23)12-17-20(21-14(3)25-17)15-8-5-4-6-9-15/h4-11,13,19H,12H2,1-3H3,(H,22,23)/t19-/m0/s1. The van der Waals surface area contributed by atoms with Crippen LogP contribution in [0.2, 0.25) is 0 Å². The van der Waals surface area contributed by atoms with Crippen LogP contribution in [-0.2, 0) is 11.2 Å². The predicted molar refractivity (Wildman–Crippen MR) is 106 cm³/mol. The molecule has 130 valence electrons. The van der Waals surface area contributed by atoms with Gasteiger partial charge in [-0.15, -0.1) is 22.7 Å². The van der Waals surface area contributed by atoms with Crippen molar-refractivity contribution in [3.63, 3.8) is 0 Å². The van der Waals surface area contributed by atoms with Crippen LogP contribution in [0, 0.1) is 12.8 Å². The second kappa shape index (κ2) is 7.93. The Bertz CT molecular complexity index is 823. The number of nitrogens with zero attached hydrogens (tertiary/aromatic N) is 1. The normalized spacial score (nSPS) is 12.3. The molecule has 0 bridgehead atoms. The van der Waals surface area contributed by atoms with Crippen molar-refractivity contribution in [2.24, 2.45) is 5.92 Å². The summed E-state index contributed by atoms with van der Waals surface area (Å²) in [5.41, 5.74) is 1.99. The number of aryl methyl sites for hydroxylation is 1. The number of amides is 1. The first-order valence-corrected chi connectivity index (χ1v) is 10.1. The number of carbonyl (C=O) groups excluding carboxylic acids is 1. The number of nitrogens with one attached hydrogen (secondary N) is 1. The minimum absolute atomic E-state index is 0.0490. The fraction of sp³-hybridized carbons (Fsp3) is 0.300. The van der Waals surface area contributed by atoms with E-state index in [0.717, 1.165) is 21.1 Å². The summed E-state index contributed by atoms with van der Waals surface area (Å²) in [7, 11) is 0. The highest BCUT2D eigenvalue weighted by Crippen LogP contribution is 2.29. The maximum atomic E-state index is 12.7. The first-order chi connectivity index (χ1) is 12.0.